The van der Waals surface area contributed by atoms with Gasteiger partial charge in [-0.2, -0.15) is 13.2 Å². The molecule has 0 aromatic carbocycles. The minimum atomic E-state index is -4.70. The van der Waals surface area contributed by atoms with Crippen molar-refractivity contribution in [3.8, 4) is 0 Å². The van der Waals surface area contributed by atoms with Crippen LogP contribution >= 0.6 is 0 Å². The smallest absolute Gasteiger partial charge is 0.288 e. The van der Waals surface area contributed by atoms with Gasteiger partial charge in [-0.1, -0.05) is 0 Å². The molecular formula is C5H5F3NO. The number of carbonyl (C=O) groups excluding carboxylic acids is 1. The van der Waals surface area contributed by atoms with Gasteiger partial charge in [0.05, 0.1) is 6.04 Å². The van der Waals surface area contributed by atoms with Gasteiger partial charge in [0.15, 0.2) is 0 Å². The molecule has 0 saturated carbocycles. The standard InChI is InChI=1S/C5H5F3NO/c6-5(7,8)4(10)3-1-2-9-3/h3H,1-2H2. The Hall–Kier alpha value is -0.580. The summed E-state index contributed by atoms with van der Waals surface area (Å²) in [5.74, 6) is -1.71. The van der Waals surface area contributed by atoms with Crippen LogP contribution in [0.25, 0.3) is 0 Å². The lowest BCUT2D eigenvalue weighted by Crippen LogP contribution is -2.48. The van der Waals surface area contributed by atoms with E-state index in [-0.39, 0.29) is 6.42 Å². The molecule has 0 aromatic heterocycles. The number of hydrogen-bond acceptors (Lipinski definition) is 1. The maximum absolute atomic E-state index is 11.5. The number of nitrogens with zero attached hydrogens (tertiary/aromatic N) is 1. The van der Waals surface area contributed by atoms with Crippen LogP contribution in [0.4, 0.5) is 13.2 Å². The van der Waals surface area contributed by atoms with Gasteiger partial charge in [-0.15, -0.1) is 0 Å². The average Bonchev–Trinajstić information content (AvgIpc) is 1.57. The van der Waals surface area contributed by atoms with Crippen LogP contribution in [0.15, 0.2) is 0 Å². The quantitative estimate of drug-likeness (QED) is 0.538. The van der Waals surface area contributed by atoms with Crippen molar-refractivity contribution < 1.29 is 18.0 Å². The predicted octanol–water partition coefficient (Wildman–Crippen LogP) is 0.494. The second-order valence-electron chi connectivity index (χ2n) is 2.07. The zero-order valence-corrected chi connectivity index (χ0v) is 4.98. The second kappa shape index (κ2) is 2.23. The van der Waals surface area contributed by atoms with Crippen LogP contribution in [0.1, 0.15) is 6.42 Å². The van der Waals surface area contributed by atoms with Gasteiger partial charge in [0, 0.05) is 6.54 Å². The highest BCUT2D eigenvalue weighted by Gasteiger charge is 2.45. The summed E-state index contributed by atoms with van der Waals surface area (Å²) in [6, 6.07) is -1.10. The van der Waals surface area contributed by atoms with E-state index in [2.05, 4.69) is 5.32 Å². The number of rotatable bonds is 1. The number of ketones is 1. The maximum atomic E-state index is 11.5. The molecule has 10 heavy (non-hydrogen) atoms. The van der Waals surface area contributed by atoms with Crippen molar-refractivity contribution in [2.45, 2.75) is 18.6 Å². The molecule has 5 heteroatoms. The van der Waals surface area contributed by atoms with Crippen molar-refractivity contribution in [3.63, 3.8) is 0 Å². The summed E-state index contributed by atoms with van der Waals surface area (Å²) >= 11 is 0. The third-order valence-electron chi connectivity index (χ3n) is 1.33. The fourth-order valence-electron chi connectivity index (χ4n) is 0.661. The lowest BCUT2D eigenvalue weighted by molar-refractivity contribution is -0.175. The van der Waals surface area contributed by atoms with E-state index in [1.165, 1.54) is 0 Å². The highest BCUT2D eigenvalue weighted by molar-refractivity contribution is 5.89. The lowest BCUT2D eigenvalue weighted by atomic mass is 10.0. The van der Waals surface area contributed by atoms with Crippen molar-refractivity contribution in [2.75, 3.05) is 6.54 Å². The van der Waals surface area contributed by atoms with E-state index in [1.54, 1.807) is 0 Å². The third kappa shape index (κ3) is 1.29. The fourth-order valence-corrected chi connectivity index (χ4v) is 0.661. The molecule has 1 aliphatic rings. The van der Waals surface area contributed by atoms with Crippen LogP contribution in [-0.4, -0.2) is 24.5 Å². The van der Waals surface area contributed by atoms with Gasteiger partial charge >= 0.3 is 6.18 Å². The van der Waals surface area contributed by atoms with E-state index in [0.717, 1.165) is 0 Å². The highest BCUT2D eigenvalue weighted by Crippen LogP contribution is 2.21. The van der Waals surface area contributed by atoms with Gasteiger partial charge < -0.3 is 0 Å². The third-order valence-corrected chi connectivity index (χ3v) is 1.33. The first-order valence-corrected chi connectivity index (χ1v) is 2.79. The minimum absolute atomic E-state index is 0.248. The Bertz CT molecular complexity index is 149. The molecule has 1 atom stereocenters. The number of Topliss-reactive ketones (excluding diaryl/α,β-unsaturated/α-hetero) is 1. The van der Waals surface area contributed by atoms with Gasteiger partial charge in [-0.05, 0) is 6.42 Å². The summed E-state index contributed by atoms with van der Waals surface area (Å²) in [6.07, 6.45) is -4.45. The highest BCUT2D eigenvalue weighted by atomic mass is 19.4. The summed E-state index contributed by atoms with van der Waals surface area (Å²) in [7, 11) is 0. The monoisotopic (exact) mass is 152 g/mol. The number of halogens is 3. The summed E-state index contributed by atoms with van der Waals surface area (Å²) in [6.45, 7) is 0.381. The van der Waals surface area contributed by atoms with E-state index in [0.29, 0.717) is 6.54 Å². The maximum Gasteiger partial charge on any atom is 0.451 e. The Balaban J connectivity index is 2.48. The topological polar surface area (TPSA) is 31.2 Å². The van der Waals surface area contributed by atoms with Gasteiger partial charge in [0.2, 0.25) is 0 Å². The Kier molecular flexibility index (Phi) is 1.68. The van der Waals surface area contributed by atoms with E-state index in [1.807, 2.05) is 0 Å². The first-order valence-electron chi connectivity index (χ1n) is 2.79. The molecule has 0 spiro atoms. The minimum Gasteiger partial charge on any atom is -0.288 e. The van der Waals surface area contributed by atoms with Gasteiger partial charge in [0.1, 0.15) is 0 Å². The SMILES string of the molecule is O=C(C1CC[N]1)C(F)(F)F. The van der Waals surface area contributed by atoms with Crippen LogP contribution in [0.2, 0.25) is 0 Å². The normalized spacial score (nSPS) is 25.7. The molecular weight excluding hydrogens is 147 g/mol. The molecule has 0 bridgehead atoms. The molecule has 1 radical (unpaired) electrons. The molecule has 57 valence electrons. The fraction of sp³-hybridized carbons (Fsp3) is 0.800. The molecule has 1 aliphatic heterocycles. The number of alkyl halides is 3. The van der Waals surface area contributed by atoms with Gasteiger partial charge in [-0.3, -0.25) is 4.79 Å². The van der Waals surface area contributed by atoms with E-state index in [4.69, 9.17) is 0 Å². The summed E-state index contributed by atoms with van der Waals surface area (Å²) in [5.41, 5.74) is 0. The molecule has 1 rings (SSSR count). The van der Waals surface area contributed by atoms with Crippen molar-refractivity contribution in [2.24, 2.45) is 0 Å². The van der Waals surface area contributed by atoms with E-state index in [9.17, 15) is 18.0 Å². The van der Waals surface area contributed by atoms with Gasteiger partial charge in [-0.25, -0.2) is 5.32 Å². The molecule has 2 nitrogen and oxygen atoms in total. The first kappa shape index (κ1) is 7.53. The largest absolute Gasteiger partial charge is 0.451 e. The molecule has 0 amide bonds. The lowest BCUT2D eigenvalue weighted by Gasteiger charge is -2.24. The summed E-state index contributed by atoms with van der Waals surface area (Å²) in [4.78, 5) is 10.2. The summed E-state index contributed by atoms with van der Waals surface area (Å²) in [5, 5.41) is 3.37. The van der Waals surface area contributed by atoms with Crippen molar-refractivity contribution >= 4 is 5.78 Å². The molecule has 1 fully saturated rings. The second-order valence-corrected chi connectivity index (χ2v) is 2.07. The number of hydrogen-bond donors (Lipinski definition) is 0. The Morgan fingerprint density at radius 2 is 2.00 bits per heavy atom. The van der Waals surface area contributed by atoms with Crippen molar-refractivity contribution in [3.05, 3.63) is 0 Å². The van der Waals surface area contributed by atoms with Crippen LogP contribution in [0, 0.1) is 0 Å². The Labute approximate surface area is 55.4 Å². The molecule has 1 unspecified atom stereocenters. The molecule has 1 saturated heterocycles. The van der Waals surface area contributed by atoms with Crippen molar-refractivity contribution in [1.82, 2.24) is 5.32 Å². The molecule has 0 aliphatic carbocycles. The van der Waals surface area contributed by atoms with Crippen LogP contribution in [-0.2, 0) is 4.79 Å². The van der Waals surface area contributed by atoms with E-state index >= 15 is 0 Å². The van der Waals surface area contributed by atoms with Crippen molar-refractivity contribution in [1.29, 1.82) is 0 Å². The summed E-state index contributed by atoms with van der Waals surface area (Å²) < 4.78 is 34.5. The Morgan fingerprint density at radius 3 is 2.10 bits per heavy atom. The van der Waals surface area contributed by atoms with Gasteiger partial charge in [0.25, 0.3) is 5.78 Å². The van der Waals surface area contributed by atoms with Crippen LogP contribution < -0.4 is 5.32 Å². The first-order chi connectivity index (χ1) is 4.52. The molecule has 0 aromatic rings. The van der Waals surface area contributed by atoms with E-state index < -0.39 is 18.0 Å². The number of carbonyl (C=O) groups is 1. The Morgan fingerprint density at radius 1 is 1.50 bits per heavy atom. The van der Waals surface area contributed by atoms with Crippen LogP contribution in [0.5, 0.6) is 0 Å². The predicted molar refractivity (Wildman–Crippen MR) is 26.5 cm³/mol. The average molecular weight is 152 g/mol. The zero-order valence-electron chi connectivity index (χ0n) is 4.98. The molecule has 0 N–H and O–H groups in total. The molecule has 1 heterocycles. The van der Waals surface area contributed by atoms with Crippen LogP contribution in [0.3, 0.4) is 0 Å². The zero-order chi connectivity index (χ0) is 7.78.